The van der Waals surface area contributed by atoms with E-state index in [-0.39, 0.29) is 5.91 Å². The fraction of sp³-hybridized carbons (Fsp3) is 0.357. The van der Waals surface area contributed by atoms with E-state index in [4.69, 9.17) is 9.47 Å². The zero-order chi connectivity index (χ0) is 24.9. The first-order valence-electron chi connectivity index (χ1n) is 12.0. The van der Waals surface area contributed by atoms with Crippen LogP contribution in [0.3, 0.4) is 0 Å². The maximum atomic E-state index is 12.1. The van der Waals surface area contributed by atoms with Gasteiger partial charge in [-0.25, -0.2) is 4.98 Å². The third-order valence-corrected chi connectivity index (χ3v) is 5.83. The largest absolute Gasteiger partial charge is 0.493 e. The molecule has 1 heterocycles. The summed E-state index contributed by atoms with van der Waals surface area (Å²) in [5, 5.41) is 3.01. The average molecular weight is 477 g/mol. The number of nitrogens with zero attached hydrogens (tertiary/aromatic N) is 3. The highest BCUT2D eigenvalue weighted by Gasteiger charge is 2.06. The van der Waals surface area contributed by atoms with E-state index >= 15 is 0 Å². The molecule has 3 aromatic rings. The molecule has 1 N–H and O–H groups in total. The van der Waals surface area contributed by atoms with Gasteiger partial charge in [0.1, 0.15) is 0 Å². The summed E-state index contributed by atoms with van der Waals surface area (Å²) in [7, 11) is 5.44. The van der Waals surface area contributed by atoms with Crippen LogP contribution in [0.2, 0.25) is 0 Å². The van der Waals surface area contributed by atoms with E-state index in [9.17, 15) is 4.79 Å². The van der Waals surface area contributed by atoms with Crippen molar-refractivity contribution in [2.24, 2.45) is 0 Å². The van der Waals surface area contributed by atoms with Gasteiger partial charge < -0.3 is 24.3 Å². The molecule has 186 valence electrons. The maximum Gasteiger partial charge on any atom is 0.223 e. The normalized spacial score (nSPS) is 11.2. The summed E-state index contributed by atoms with van der Waals surface area (Å²) >= 11 is 0. The minimum atomic E-state index is 0.0538. The van der Waals surface area contributed by atoms with Gasteiger partial charge >= 0.3 is 0 Å². The molecular formula is C28H36N4O3. The molecule has 0 saturated carbocycles. The minimum Gasteiger partial charge on any atom is -0.493 e. The number of amides is 1. The van der Waals surface area contributed by atoms with Crippen LogP contribution in [0.5, 0.6) is 11.5 Å². The number of imidazole rings is 1. The van der Waals surface area contributed by atoms with Gasteiger partial charge in [0.25, 0.3) is 0 Å². The highest BCUT2D eigenvalue weighted by molar-refractivity contribution is 5.78. The lowest BCUT2D eigenvalue weighted by molar-refractivity contribution is -0.120. The maximum absolute atomic E-state index is 12.1. The number of likely N-dealkylation sites (N-methyl/N-ethyl adjacent to an activating group) is 1. The molecule has 0 radical (unpaired) electrons. The second-order valence-electron chi connectivity index (χ2n) is 8.47. The van der Waals surface area contributed by atoms with Crippen LogP contribution in [-0.2, 0) is 11.2 Å². The van der Waals surface area contributed by atoms with Gasteiger partial charge in [-0.05, 0) is 68.2 Å². The predicted molar refractivity (Wildman–Crippen MR) is 140 cm³/mol. The number of methoxy groups -OCH3 is 2. The molecule has 7 heteroatoms. The standard InChI is InChI=1S/C28H36N4O3/c1-31(19-15-24-11-14-26(34-2)27(21-24)35-3)18-5-4-16-30-28(33)8-6-7-23-9-12-25(13-10-23)32-20-17-29-22-32/h6-7,9-14,17,20-22H,4-5,8,15-16,18-19H2,1-3H3,(H,30,33). The van der Waals surface area contributed by atoms with Gasteiger partial charge in [-0.3, -0.25) is 4.79 Å². The molecular weight excluding hydrogens is 440 g/mol. The van der Waals surface area contributed by atoms with Crippen LogP contribution in [0.1, 0.15) is 30.4 Å². The van der Waals surface area contributed by atoms with E-state index < -0.39 is 0 Å². The molecule has 1 amide bonds. The molecule has 0 atom stereocenters. The SMILES string of the molecule is COc1ccc(CCN(C)CCCCNC(=O)CC=Cc2ccc(-n3ccnc3)cc2)cc1OC. The number of ether oxygens (including phenoxy) is 2. The number of unbranched alkanes of at least 4 members (excludes halogenated alkanes) is 1. The Morgan fingerprint density at radius 2 is 1.86 bits per heavy atom. The summed E-state index contributed by atoms with van der Waals surface area (Å²) in [6.07, 6.45) is 12.7. The molecule has 0 aliphatic carbocycles. The Morgan fingerprint density at radius 1 is 1.06 bits per heavy atom. The topological polar surface area (TPSA) is 68.6 Å². The highest BCUT2D eigenvalue weighted by atomic mass is 16.5. The summed E-state index contributed by atoms with van der Waals surface area (Å²) in [6, 6.07) is 14.2. The first-order valence-corrected chi connectivity index (χ1v) is 12.0. The van der Waals surface area contributed by atoms with Crippen LogP contribution >= 0.6 is 0 Å². The third-order valence-electron chi connectivity index (χ3n) is 5.83. The molecule has 0 saturated heterocycles. The average Bonchev–Trinajstić information content (AvgIpc) is 3.42. The number of hydrogen-bond acceptors (Lipinski definition) is 5. The number of rotatable bonds is 14. The van der Waals surface area contributed by atoms with Gasteiger partial charge in [0.15, 0.2) is 11.5 Å². The van der Waals surface area contributed by atoms with Crippen molar-refractivity contribution in [1.29, 1.82) is 0 Å². The number of carbonyl (C=O) groups excluding carboxylic acids is 1. The number of nitrogens with one attached hydrogen (secondary N) is 1. The van der Waals surface area contributed by atoms with Crippen molar-refractivity contribution in [3.63, 3.8) is 0 Å². The Labute approximate surface area is 208 Å². The minimum absolute atomic E-state index is 0.0538. The highest BCUT2D eigenvalue weighted by Crippen LogP contribution is 2.27. The Kier molecular flexibility index (Phi) is 10.4. The van der Waals surface area contributed by atoms with E-state index in [1.165, 1.54) is 5.56 Å². The smallest absolute Gasteiger partial charge is 0.223 e. The van der Waals surface area contributed by atoms with Crippen molar-refractivity contribution in [3.05, 3.63) is 78.4 Å². The molecule has 2 aromatic carbocycles. The van der Waals surface area contributed by atoms with Crippen LogP contribution in [-0.4, -0.2) is 61.3 Å². The number of carbonyl (C=O) groups is 1. The van der Waals surface area contributed by atoms with Crippen molar-refractivity contribution < 1.29 is 14.3 Å². The summed E-state index contributed by atoms with van der Waals surface area (Å²) < 4.78 is 12.6. The van der Waals surface area contributed by atoms with Gasteiger partial charge in [-0.15, -0.1) is 0 Å². The zero-order valence-electron chi connectivity index (χ0n) is 20.9. The van der Waals surface area contributed by atoms with Crippen molar-refractivity contribution in [2.45, 2.75) is 25.7 Å². The molecule has 0 aliphatic heterocycles. The fourth-order valence-electron chi connectivity index (χ4n) is 3.75. The molecule has 0 bridgehead atoms. The molecule has 7 nitrogen and oxygen atoms in total. The zero-order valence-corrected chi connectivity index (χ0v) is 20.9. The number of hydrogen-bond donors (Lipinski definition) is 1. The number of benzene rings is 2. The van der Waals surface area contributed by atoms with Gasteiger partial charge in [0.05, 0.1) is 20.5 Å². The van der Waals surface area contributed by atoms with Crippen molar-refractivity contribution >= 4 is 12.0 Å². The fourth-order valence-corrected chi connectivity index (χ4v) is 3.75. The quantitative estimate of drug-likeness (QED) is 0.350. The van der Waals surface area contributed by atoms with Gasteiger partial charge in [-0.1, -0.05) is 30.4 Å². The molecule has 3 rings (SSSR count). The Morgan fingerprint density at radius 3 is 2.57 bits per heavy atom. The molecule has 1 aromatic heterocycles. The second-order valence-corrected chi connectivity index (χ2v) is 8.47. The molecule has 0 spiro atoms. The lowest BCUT2D eigenvalue weighted by atomic mass is 10.1. The number of aromatic nitrogens is 2. The van der Waals surface area contributed by atoms with Crippen molar-refractivity contribution in [2.75, 3.05) is 40.9 Å². The van der Waals surface area contributed by atoms with Crippen LogP contribution in [0.4, 0.5) is 0 Å². The van der Waals surface area contributed by atoms with Crippen LogP contribution in [0.25, 0.3) is 11.8 Å². The molecule has 0 aliphatic rings. The van der Waals surface area contributed by atoms with E-state index in [1.807, 2.05) is 59.3 Å². The summed E-state index contributed by atoms with van der Waals surface area (Å²) in [6.45, 7) is 2.67. The van der Waals surface area contributed by atoms with Crippen molar-refractivity contribution in [3.8, 4) is 17.2 Å². The first kappa shape index (κ1) is 26.0. The molecule has 0 fully saturated rings. The molecule has 0 unspecified atom stereocenters. The van der Waals surface area contributed by atoms with Crippen LogP contribution in [0, 0.1) is 0 Å². The van der Waals surface area contributed by atoms with E-state index in [1.54, 1.807) is 26.7 Å². The van der Waals surface area contributed by atoms with Gasteiger partial charge in [0, 0.05) is 37.6 Å². The lowest BCUT2D eigenvalue weighted by Crippen LogP contribution is -2.26. The monoisotopic (exact) mass is 476 g/mol. The van der Waals surface area contributed by atoms with Crippen LogP contribution < -0.4 is 14.8 Å². The van der Waals surface area contributed by atoms with Crippen LogP contribution in [0.15, 0.2) is 67.3 Å². The Hall–Kier alpha value is -3.58. The summed E-state index contributed by atoms with van der Waals surface area (Å²) in [4.78, 5) is 18.5. The predicted octanol–water partition coefficient (Wildman–Crippen LogP) is 4.36. The summed E-state index contributed by atoms with van der Waals surface area (Å²) in [5.74, 6) is 1.57. The first-order chi connectivity index (χ1) is 17.1. The van der Waals surface area contributed by atoms with Gasteiger partial charge in [-0.2, -0.15) is 0 Å². The van der Waals surface area contributed by atoms with Crippen molar-refractivity contribution in [1.82, 2.24) is 19.8 Å². The molecule has 35 heavy (non-hydrogen) atoms. The van der Waals surface area contributed by atoms with E-state index in [2.05, 4.69) is 28.3 Å². The van der Waals surface area contributed by atoms with Gasteiger partial charge in [0.2, 0.25) is 5.91 Å². The second kappa shape index (κ2) is 14.0. The third kappa shape index (κ3) is 8.61. The summed E-state index contributed by atoms with van der Waals surface area (Å²) in [5.41, 5.74) is 3.35. The van der Waals surface area contributed by atoms with E-state index in [0.717, 1.165) is 55.1 Å². The Bertz CT molecular complexity index is 1060. The lowest BCUT2D eigenvalue weighted by Gasteiger charge is -2.17. The van der Waals surface area contributed by atoms with E-state index in [0.29, 0.717) is 13.0 Å². The Balaban J connectivity index is 1.26.